The predicted octanol–water partition coefficient (Wildman–Crippen LogP) is 1.63. The van der Waals surface area contributed by atoms with Gasteiger partial charge in [-0.05, 0) is 43.5 Å². The SMILES string of the molecule is CN1C(=O)C2C(N=CN2CC(=O)Nc2ccc(-c3ccc(N4CCCCC4)nn3)cc2)N(C)C1=O. The maximum Gasteiger partial charge on any atom is 0.328 e. The maximum absolute atomic E-state index is 12.7. The Hall–Kier alpha value is -4.02. The fraction of sp³-hybridized carbons (Fsp3) is 0.417. The number of hydrogen-bond donors (Lipinski definition) is 1. The van der Waals surface area contributed by atoms with E-state index < -0.39 is 18.2 Å². The molecule has 4 amide bonds. The summed E-state index contributed by atoms with van der Waals surface area (Å²) in [6.07, 6.45) is 4.48. The van der Waals surface area contributed by atoms with E-state index in [0.29, 0.717) is 5.69 Å². The molecule has 35 heavy (non-hydrogen) atoms. The van der Waals surface area contributed by atoms with Crippen molar-refractivity contribution < 1.29 is 14.4 Å². The second-order valence-corrected chi connectivity index (χ2v) is 9.04. The fourth-order valence-electron chi connectivity index (χ4n) is 4.70. The molecule has 5 rings (SSSR count). The van der Waals surface area contributed by atoms with Gasteiger partial charge in [0.1, 0.15) is 0 Å². The lowest BCUT2D eigenvalue weighted by Gasteiger charge is -2.39. The van der Waals surface area contributed by atoms with Gasteiger partial charge in [0.05, 0.1) is 18.6 Å². The lowest BCUT2D eigenvalue weighted by Crippen LogP contribution is -2.64. The van der Waals surface area contributed by atoms with Gasteiger partial charge in [0.15, 0.2) is 18.0 Å². The summed E-state index contributed by atoms with van der Waals surface area (Å²) in [7, 11) is 3.03. The number of benzene rings is 1. The summed E-state index contributed by atoms with van der Waals surface area (Å²) in [6, 6.07) is 10.2. The Bertz CT molecular complexity index is 1140. The van der Waals surface area contributed by atoms with Crippen LogP contribution in [0.4, 0.5) is 16.3 Å². The van der Waals surface area contributed by atoms with E-state index in [9.17, 15) is 14.4 Å². The summed E-state index contributed by atoms with van der Waals surface area (Å²) >= 11 is 0. The minimum absolute atomic E-state index is 0.0581. The third-order valence-electron chi connectivity index (χ3n) is 6.70. The lowest BCUT2D eigenvalue weighted by molar-refractivity contribution is -0.136. The predicted molar refractivity (Wildman–Crippen MR) is 131 cm³/mol. The van der Waals surface area contributed by atoms with Gasteiger partial charge in [-0.3, -0.25) is 14.5 Å². The first-order valence-electron chi connectivity index (χ1n) is 11.7. The molecule has 0 radical (unpaired) electrons. The van der Waals surface area contributed by atoms with Crippen molar-refractivity contribution in [3.8, 4) is 11.3 Å². The molecule has 4 heterocycles. The fourth-order valence-corrected chi connectivity index (χ4v) is 4.70. The van der Waals surface area contributed by atoms with Crippen molar-refractivity contribution in [3.63, 3.8) is 0 Å². The molecule has 1 N–H and O–H groups in total. The molecule has 3 aliphatic rings. The molecule has 0 bridgehead atoms. The number of nitrogens with one attached hydrogen (secondary N) is 1. The molecule has 0 aliphatic carbocycles. The van der Waals surface area contributed by atoms with E-state index in [-0.39, 0.29) is 18.4 Å². The van der Waals surface area contributed by atoms with Gasteiger partial charge in [0.2, 0.25) is 5.91 Å². The summed E-state index contributed by atoms with van der Waals surface area (Å²) in [5.74, 6) is 0.244. The van der Waals surface area contributed by atoms with Crippen molar-refractivity contribution in [3.05, 3.63) is 36.4 Å². The standard InChI is InChI=1S/C24H28N8O3/c1-29-22-21(23(34)30(2)24(29)35)32(15-25-22)14-20(33)26-17-8-6-16(7-9-17)18-10-11-19(28-27-18)31-12-4-3-5-13-31/h6-11,15,21-22H,3-5,12-14H2,1-2H3,(H,26,33). The van der Waals surface area contributed by atoms with E-state index in [4.69, 9.17) is 0 Å². The van der Waals surface area contributed by atoms with Gasteiger partial charge in [-0.1, -0.05) is 12.1 Å². The number of fused-ring (bicyclic) bond motifs is 1. The Morgan fingerprint density at radius 2 is 1.74 bits per heavy atom. The number of piperidine rings is 1. The highest BCUT2D eigenvalue weighted by Crippen LogP contribution is 2.25. The molecule has 0 saturated carbocycles. The first-order valence-corrected chi connectivity index (χ1v) is 11.7. The summed E-state index contributed by atoms with van der Waals surface area (Å²) in [4.78, 5) is 47.9. The van der Waals surface area contributed by atoms with E-state index in [1.807, 2.05) is 24.3 Å². The first kappa shape index (κ1) is 22.8. The number of carbonyl (C=O) groups is 3. The Balaban J connectivity index is 1.19. The zero-order valence-corrected chi connectivity index (χ0v) is 19.8. The van der Waals surface area contributed by atoms with E-state index in [1.54, 1.807) is 24.1 Å². The summed E-state index contributed by atoms with van der Waals surface area (Å²) in [5.41, 5.74) is 2.30. The molecule has 11 nitrogen and oxygen atoms in total. The van der Waals surface area contributed by atoms with Crippen LogP contribution < -0.4 is 10.2 Å². The van der Waals surface area contributed by atoms with Gasteiger partial charge in [-0.25, -0.2) is 9.79 Å². The second-order valence-electron chi connectivity index (χ2n) is 9.04. The van der Waals surface area contributed by atoms with Gasteiger partial charge >= 0.3 is 6.03 Å². The number of hydrogen-bond acceptors (Lipinski definition) is 8. The Kier molecular flexibility index (Phi) is 6.06. The Morgan fingerprint density at radius 1 is 1.00 bits per heavy atom. The van der Waals surface area contributed by atoms with Gasteiger partial charge in [-0.2, -0.15) is 0 Å². The van der Waals surface area contributed by atoms with Crippen molar-refractivity contribution in [2.75, 3.05) is 43.9 Å². The minimum atomic E-state index is -0.706. The van der Waals surface area contributed by atoms with E-state index in [0.717, 1.165) is 35.1 Å². The van der Waals surface area contributed by atoms with Gasteiger partial charge < -0.3 is 20.0 Å². The number of aliphatic imine (C=N–C) groups is 1. The van der Waals surface area contributed by atoms with Crippen LogP contribution >= 0.6 is 0 Å². The van der Waals surface area contributed by atoms with Crippen molar-refractivity contribution in [2.24, 2.45) is 4.99 Å². The van der Waals surface area contributed by atoms with Crippen molar-refractivity contribution in [2.45, 2.75) is 31.5 Å². The highest BCUT2D eigenvalue weighted by atomic mass is 16.2. The van der Waals surface area contributed by atoms with E-state index >= 15 is 0 Å². The van der Waals surface area contributed by atoms with Crippen molar-refractivity contribution in [1.82, 2.24) is 24.9 Å². The quantitative estimate of drug-likeness (QED) is 0.698. The van der Waals surface area contributed by atoms with E-state index in [2.05, 4.69) is 25.4 Å². The molecule has 3 aliphatic heterocycles. The number of anilines is 2. The second kappa shape index (κ2) is 9.32. The van der Waals surface area contributed by atoms with Crippen LogP contribution in [0, 0.1) is 0 Å². The molecule has 182 valence electrons. The number of nitrogens with zero attached hydrogens (tertiary/aromatic N) is 7. The minimum Gasteiger partial charge on any atom is -0.355 e. The van der Waals surface area contributed by atoms with Gasteiger partial charge in [-0.15, -0.1) is 10.2 Å². The lowest BCUT2D eigenvalue weighted by atomic mass is 10.1. The average molecular weight is 477 g/mol. The molecule has 1 aromatic heterocycles. The van der Waals surface area contributed by atoms with E-state index in [1.165, 1.54) is 37.5 Å². The molecule has 2 unspecified atom stereocenters. The van der Waals surface area contributed by atoms with Crippen LogP contribution in [0.3, 0.4) is 0 Å². The van der Waals surface area contributed by atoms with Gasteiger partial charge in [0, 0.05) is 38.4 Å². The third kappa shape index (κ3) is 4.41. The van der Waals surface area contributed by atoms with Crippen LogP contribution in [-0.2, 0) is 9.59 Å². The summed E-state index contributed by atoms with van der Waals surface area (Å²) in [5, 5.41) is 11.6. The Morgan fingerprint density at radius 3 is 2.43 bits per heavy atom. The molecular weight excluding hydrogens is 448 g/mol. The molecular formula is C24H28N8O3. The number of carbonyl (C=O) groups excluding carboxylic acids is 3. The number of rotatable bonds is 5. The van der Waals surface area contributed by atoms with Crippen LogP contribution in [-0.4, -0.2) is 95.0 Å². The number of imide groups is 1. The maximum atomic E-state index is 12.7. The smallest absolute Gasteiger partial charge is 0.328 e. The van der Waals surface area contributed by atoms with Crippen LogP contribution in [0.5, 0.6) is 0 Å². The molecule has 0 spiro atoms. The largest absolute Gasteiger partial charge is 0.355 e. The van der Waals surface area contributed by atoms with Crippen molar-refractivity contribution >= 4 is 35.7 Å². The first-order chi connectivity index (χ1) is 16.9. The molecule has 2 aromatic rings. The van der Waals surface area contributed by atoms with Gasteiger partial charge in [0.25, 0.3) is 5.91 Å². The molecule has 11 heteroatoms. The normalized spacial score (nSPS) is 22.0. The average Bonchev–Trinajstić information content (AvgIpc) is 3.31. The number of amides is 4. The third-order valence-corrected chi connectivity index (χ3v) is 6.70. The van der Waals surface area contributed by atoms with Crippen LogP contribution in [0.15, 0.2) is 41.4 Å². The highest BCUT2D eigenvalue weighted by Gasteiger charge is 2.48. The number of urea groups is 1. The zero-order valence-electron chi connectivity index (χ0n) is 19.8. The zero-order chi connectivity index (χ0) is 24.5. The Labute approximate surface area is 203 Å². The highest BCUT2D eigenvalue weighted by molar-refractivity contribution is 6.02. The molecule has 1 aromatic carbocycles. The van der Waals surface area contributed by atoms with Crippen LogP contribution in [0.25, 0.3) is 11.3 Å². The summed E-state index contributed by atoms with van der Waals surface area (Å²) in [6.45, 7) is 1.98. The molecule has 2 fully saturated rings. The number of likely N-dealkylation sites (N-methyl/N-ethyl adjacent to an activating group) is 2. The monoisotopic (exact) mass is 476 g/mol. The summed E-state index contributed by atoms with van der Waals surface area (Å²) < 4.78 is 0. The van der Waals surface area contributed by atoms with Crippen LogP contribution in [0.1, 0.15) is 19.3 Å². The molecule has 2 atom stereocenters. The molecule has 2 saturated heterocycles. The number of aromatic nitrogens is 2. The van der Waals surface area contributed by atoms with Crippen molar-refractivity contribution in [1.29, 1.82) is 0 Å². The topological polar surface area (TPSA) is 114 Å². The van der Waals surface area contributed by atoms with Crippen LogP contribution in [0.2, 0.25) is 0 Å².